The van der Waals surface area contributed by atoms with E-state index in [1.807, 2.05) is 39.0 Å². The molecule has 0 spiro atoms. The molecule has 3 unspecified atom stereocenters. The molecule has 22 heavy (non-hydrogen) atoms. The Morgan fingerprint density at radius 1 is 1.41 bits per heavy atom. The Kier molecular flexibility index (Phi) is 7.02. The van der Waals surface area contributed by atoms with Crippen LogP contribution in [0.25, 0.3) is 0 Å². The van der Waals surface area contributed by atoms with Gasteiger partial charge >= 0.3 is 5.97 Å². The van der Waals surface area contributed by atoms with Gasteiger partial charge < -0.3 is 10.5 Å². The lowest BCUT2D eigenvalue weighted by molar-refractivity contribution is -0.158. The van der Waals surface area contributed by atoms with Crippen molar-refractivity contribution in [1.29, 1.82) is 0 Å². The van der Waals surface area contributed by atoms with Crippen molar-refractivity contribution in [2.75, 3.05) is 0 Å². The lowest BCUT2D eigenvalue weighted by Gasteiger charge is -2.28. The molecule has 1 heterocycles. The summed E-state index contributed by atoms with van der Waals surface area (Å²) in [5, 5.41) is 0. The molecule has 5 nitrogen and oxygen atoms in total. The number of hydrogen-bond acceptors (Lipinski definition) is 4. The smallest absolute Gasteiger partial charge is 0.306 e. The first-order chi connectivity index (χ1) is 10.3. The highest BCUT2D eigenvalue weighted by atomic mass is 16.5. The third-order valence-corrected chi connectivity index (χ3v) is 3.72. The van der Waals surface area contributed by atoms with E-state index in [0.717, 1.165) is 5.57 Å². The average Bonchev–Trinajstić information content (AvgIpc) is 2.36. The van der Waals surface area contributed by atoms with Crippen LogP contribution in [0.15, 0.2) is 23.8 Å². The van der Waals surface area contributed by atoms with Crippen LogP contribution in [0.4, 0.5) is 0 Å². The maximum atomic E-state index is 12.2. The second-order valence-corrected chi connectivity index (χ2v) is 5.96. The number of hydrogen-bond donors (Lipinski definition) is 1. The normalized spacial score (nSPS) is 24.1. The van der Waals surface area contributed by atoms with Crippen molar-refractivity contribution in [3.63, 3.8) is 0 Å². The van der Waals surface area contributed by atoms with Crippen LogP contribution in [0.3, 0.4) is 0 Å². The second kappa shape index (κ2) is 8.51. The van der Waals surface area contributed by atoms with Gasteiger partial charge in [0, 0.05) is 25.2 Å². The van der Waals surface area contributed by atoms with Crippen LogP contribution < -0.4 is 5.73 Å². The molecule has 1 aliphatic heterocycles. The predicted molar refractivity (Wildman–Crippen MR) is 83.8 cm³/mol. The summed E-state index contributed by atoms with van der Waals surface area (Å²) in [7, 11) is 0. The average molecular weight is 307 g/mol. The summed E-state index contributed by atoms with van der Waals surface area (Å²) >= 11 is 0. The van der Waals surface area contributed by atoms with E-state index in [-0.39, 0.29) is 42.9 Å². The third-order valence-electron chi connectivity index (χ3n) is 3.72. The summed E-state index contributed by atoms with van der Waals surface area (Å²) in [6.45, 7) is 5.69. The molecule has 1 aliphatic rings. The number of rotatable bonds is 7. The minimum absolute atomic E-state index is 0.0291. The highest BCUT2D eigenvalue weighted by Crippen LogP contribution is 2.26. The van der Waals surface area contributed by atoms with Gasteiger partial charge in [-0.2, -0.15) is 0 Å². The Morgan fingerprint density at radius 2 is 2.09 bits per heavy atom. The monoisotopic (exact) mass is 307 g/mol. The quantitative estimate of drug-likeness (QED) is 0.577. The Bertz CT molecular complexity index is 491. The van der Waals surface area contributed by atoms with E-state index in [0.29, 0.717) is 6.42 Å². The van der Waals surface area contributed by atoms with E-state index in [9.17, 15) is 14.4 Å². The first-order valence-electron chi connectivity index (χ1n) is 7.63. The van der Waals surface area contributed by atoms with Crippen molar-refractivity contribution >= 4 is 17.7 Å². The van der Waals surface area contributed by atoms with E-state index < -0.39 is 12.0 Å². The van der Waals surface area contributed by atoms with E-state index in [2.05, 4.69) is 0 Å². The maximum absolute atomic E-state index is 12.2. The van der Waals surface area contributed by atoms with Gasteiger partial charge in [0.25, 0.3) is 0 Å². The summed E-state index contributed by atoms with van der Waals surface area (Å²) in [6.07, 6.45) is 6.36. The van der Waals surface area contributed by atoms with Crippen molar-refractivity contribution < 1.29 is 19.1 Å². The minimum Gasteiger partial charge on any atom is -0.462 e. The van der Waals surface area contributed by atoms with Crippen molar-refractivity contribution in [2.45, 2.75) is 52.6 Å². The van der Waals surface area contributed by atoms with E-state index >= 15 is 0 Å². The lowest BCUT2D eigenvalue weighted by atomic mass is 9.88. The number of primary amides is 1. The number of nitrogens with two attached hydrogens (primary N) is 1. The molecule has 1 saturated heterocycles. The fourth-order valence-electron chi connectivity index (χ4n) is 2.75. The zero-order valence-corrected chi connectivity index (χ0v) is 13.5. The highest BCUT2D eigenvalue weighted by Gasteiger charge is 2.31. The van der Waals surface area contributed by atoms with Crippen molar-refractivity contribution in [3.05, 3.63) is 23.8 Å². The van der Waals surface area contributed by atoms with Gasteiger partial charge in [-0.15, -0.1) is 0 Å². The fourth-order valence-corrected chi connectivity index (χ4v) is 2.75. The van der Waals surface area contributed by atoms with Crippen LogP contribution in [0.1, 0.15) is 46.5 Å². The molecule has 0 bridgehead atoms. The summed E-state index contributed by atoms with van der Waals surface area (Å²) in [4.78, 5) is 34.8. The Balaban J connectivity index is 2.60. The van der Waals surface area contributed by atoms with Gasteiger partial charge in [-0.25, -0.2) is 0 Å². The number of amides is 1. The second-order valence-electron chi connectivity index (χ2n) is 5.96. The van der Waals surface area contributed by atoms with Crippen LogP contribution >= 0.6 is 0 Å². The van der Waals surface area contributed by atoms with Gasteiger partial charge in [0.05, 0.1) is 0 Å². The number of ketones is 1. The Hall–Kier alpha value is -1.91. The number of ether oxygens (including phenoxy) is 1. The third kappa shape index (κ3) is 6.24. The SMILES string of the molecule is CC=CC(C)=CC(C)C(=O)CC1CC(CC(N)=O)CC(=O)O1. The first-order valence-corrected chi connectivity index (χ1v) is 7.63. The molecule has 2 N–H and O–H groups in total. The van der Waals surface area contributed by atoms with E-state index in [1.165, 1.54) is 0 Å². The Labute approximate surface area is 131 Å². The van der Waals surface area contributed by atoms with Gasteiger partial charge in [-0.1, -0.05) is 30.7 Å². The number of allylic oxidation sites excluding steroid dienone is 4. The van der Waals surface area contributed by atoms with Crippen molar-refractivity contribution in [3.8, 4) is 0 Å². The van der Waals surface area contributed by atoms with Crippen LogP contribution in [-0.4, -0.2) is 23.8 Å². The number of cyclic esters (lactones) is 1. The molecule has 5 heteroatoms. The molecular formula is C17H25NO4. The fraction of sp³-hybridized carbons (Fsp3) is 0.588. The van der Waals surface area contributed by atoms with Crippen LogP contribution in [0, 0.1) is 11.8 Å². The van der Waals surface area contributed by atoms with Crippen molar-refractivity contribution in [2.24, 2.45) is 17.6 Å². The van der Waals surface area contributed by atoms with Crippen molar-refractivity contribution in [1.82, 2.24) is 0 Å². The molecule has 0 aromatic carbocycles. The zero-order valence-electron chi connectivity index (χ0n) is 13.5. The van der Waals surface area contributed by atoms with Crippen LogP contribution in [0.5, 0.6) is 0 Å². The number of carbonyl (C=O) groups excluding carboxylic acids is 3. The minimum atomic E-state index is -0.448. The highest BCUT2D eigenvalue weighted by molar-refractivity contribution is 5.83. The molecule has 1 fully saturated rings. The molecule has 0 aromatic heterocycles. The van der Waals surface area contributed by atoms with E-state index in [4.69, 9.17) is 10.5 Å². The molecule has 0 radical (unpaired) electrons. The molecule has 0 aromatic rings. The molecule has 0 aliphatic carbocycles. The largest absolute Gasteiger partial charge is 0.462 e. The van der Waals surface area contributed by atoms with Gasteiger partial charge in [-0.3, -0.25) is 14.4 Å². The summed E-state index contributed by atoms with van der Waals surface area (Å²) in [5.74, 6) is -1.10. The topological polar surface area (TPSA) is 86.5 Å². The lowest BCUT2D eigenvalue weighted by Crippen LogP contribution is -2.34. The molecule has 0 saturated carbocycles. The van der Waals surface area contributed by atoms with E-state index in [1.54, 1.807) is 0 Å². The number of esters is 1. The summed E-state index contributed by atoms with van der Waals surface area (Å²) in [6, 6.07) is 0. The summed E-state index contributed by atoms with van der Waals surface area (Å²) < 4.78 is 5.22. The molecule has 1 amide bonds. The number of carbonyl (C=O) groups is 3. The molecular weight excluding hydrogens is 282 g/mol. The molecule has 122 valence electrons. The zero-order chi connectivity index (χ0) is 16.7. The maximum Gasteiger partial charge on any atom is 0.306 e. The van der Waals surface area contributed by atoms with Gasteiger partial charge in [0.15, 0.2) is 0 Å². The van der Waals surface area contributed by atoms with Crippen LogP contribution in [0.2, 0.25) is 0 Å². The standard InChI is InChI=1S/C17H25NO4/c1-4-5-11(2)6-12(3)15(19)10-14-7-13(8-16(18)20)9-17(21)22-14/h4-6,12-14H,7-10H2,1-3H3,(H2,18,20). The van der Waals surface area contributed by atoms with Gasteiger partial charge in [-0.05, 0) is 26.2 Å². The first kappa shape index (κ1) is 18.1. The number of Topliss-reactive ketones (excluding diaryl/α,β-unsaturated/α-hetero) is 1. The molecule has 3 atom stereocenters. The summed E-state index contributed by atoms with van der Waals surface area (Å²) in [5.41, 5.74) is 6.20. The van der Waals surface area contributed by atoms with Crippen LogP contribution in [-0.2, 0) is 19.1 Å². The Morgan fingerprint density at radius 3 is 2.68 bits per heavy atom. The van der Waals surface area contributed by atoms with Gasteiger partial charge in [0.1, 0.15) is 11.9 Å². The predicted octanol–water partition coefficient (Wildman–Crippen LogP) is 2.30. The molecule has 1 rings (SSSR count). The van der Waals surface area contributed by atoms with Gasteiger partial charge in [0.2, 0.25) is 5.91 Å².